The van der Waals surface area contributed by atoms with Gasteiger partial charge in [0.05, 0.1) is 6.61 Å². The highest BCUT2D eigenvalue weighted by Crippen LogP contribution is 2.31. The molecular weight excluding hydrogens is 555 g/mol. The van der Waals surface area contributed by atoms with Gasteiger partial charge in [0.25, 0.3) is 11.8 Å². The minimum absolute atomic E-state index is 0.00500. The highest BCUT2D eigenvalue weighted by molar-refractivity contribution is 14.1. The van der Waals surface area contributed by atoms with E-state index in [4.69, 9.17) is 17.0 Å². The Bertz CT molecular complexity index is 985. The van der Waals surface area contributed by atoms with Gasteiger partial charge in [-0.3, -0.25) is 20.2 Å². The second-order valence-corrected chi connectivity index (χ2v) is 8.40. The van der Waals surface area contributed by atoms with E-state index in [1.165, 1.54) is 0 Å². The van der Waals surface area contributed by atoms with Crippen molar-refractivity contribution >= 4 is 73.7 Å². The van der Waals surface area contributed by atoms with E-state index >= 15 is 0 Å². The number of halogens is 2. The molecule has 0 radical (unpaired) electrons. The molecule has 2 aromatic rings. The van der Waals surface area contributed by atoms with Crippen molar-refractivity contribution in [3.05, 3.63) is 66.7 Å². The number of benzene rings is 2. The minimum Gasteiger partial charge on any atom is -0.494 e. The Morgan fingerprint density at radius 3 is 2.50 bits per heavy atom. The van der Waals surface area contributed by atoms with E-state index in [9.17, 15) is 9.59 Å². The molecule has 2 aromatic carbocycles. The highest BCUT2D eigenvalue weighted by Gasteiger charge is 2.26. The van der Waals surface area contributed by atoms with Crippen LogP contribution in [0.25, 0.3) is 6.08 Å². The van der Waals surface area contributed by atoms with E-state index in [1.54, 1.807) is 6.08 Å². The van der Waals surface area contributed by atoms with Crippen molar-refractivity contribution in [2.45, 2.75) is 13.3 Å². The third kappa shape index (κ3) is 4.79. The van der Waals surface area contributed by atoms with Gasteiger partial charge in [-0.25, -0.2) is 0 Å². The van der Waals surface area contributed by atoms with E-state index in [2.05, 4.69) is 55.2 Å². The molecule has 1 aliphatic rings. The van der Waals surface area contributed by atoms with Crippen molar-refractivity contribution in [2.75, 3.05) is 6.61 Å². The summed E-state index contributed by atoms with van der Waals surface area (Å²) in [5.41, 5.74) is 2.91. The number of nitrogens with one attached hydrogen (secondary N) is 2. The predicted molar refractivity (Wildman–Crippen MR) is 124 cm³/mol. The lowest BCUT2D eigenvalue weighted by atomic mass is 10.0. The maximum absolute atomic E-state index is 12.1. The van der Waals surface area contributed by atoms with Crippen LogP contribution in [0, 0.1) is 3.57 Å². The number of thiocarbonyl (C=S) groups is 1. The smallest absolute Gasteiger partial charge is 0.263 e. The van der Waals surface area contributed by atoms with Gasteiger partial charge in [0.2, 0.25) is 0 Å². The second-order valence-electron chi connectivity index (χ2n) is 5.98. The number of ether oxygens (including phenoxy) is 1. The van der Waals surface area contributed by atoms with Crippen molar-refractivity contribution in [3.8, 4) is 5.75 Å². The summed E-state index contributed by atoms with van der Waals surface area (Å²) in [6, 6.07) is 11.8. The number of carbonyl (C=O) groups is 2. The van der Waals surface area contributed by atoms with Gasteiger partial charge in [-0.1, -0.05) is 34.1 Å². The normalized spacial score (nSPS) is 13.8. The zero-order valence-electron chi connectivity index (χ0n) is 14.8. The topological polar surface area (TPSA) is 67.4 Å². The van der Waals surface area contributed by atoms with Gasteiger partial charge in [-0.2, -0.15) is 0 Å². The van der Waals surface area contributed by atoms with Crippen LogP contribution in [0.1, 0.15) is 23.6 Å². The molecule has 1 saturated heterocycles. The molecule has 0 aliphatic carbocycles. The molecule has 0 aromatic heterocycles. The summed E-state index contributed by atoms with van der Waals surface area (Å²) in [4.78, 5) is 24.2. The maximum Gasteiger partial charge on any atom is 0.263 e. The summed E-state index contributed by atoms with van der Waals surface area (Å²) in [5.74, 6) is -0.304. The van der Waals surface area contributed by atoms with Gasteiger partial charge in [-0.05, 0) is 77.1 Å². The first-order chi connectivity index (χ1) is 13.4. The Morgan fingerprint density at radius 1 is 1.18 bits per heavy atom. The standard InChI is InChI=1S/C20H16BrIN2O3S/c1-2-27-17-9-11(7-14-18(25)23-20(28)24-19(14)26)8-16(22)13(17)10-12-5-3-4-6-15(12)21/h3-9H,2,10H2,1H3,(H2,23,24,25,26,28). The molecule has 28 heavy (non-hydrogen) atoms. The summed E-state index contributed by atoms with van der Waals surface area (Å²) >= 11 is 10.7. The Balaban J connectivity index is 2.00. The Labute approximate surface area is 190 Å². The van der Waals surface area contributed by atoms with Gasteiger partial charge < -0.3 is 4.74 Å². The van der Waals surface area contributed by atoms with Gasteiger partial charge in [0.1, 0.15) is 11.3 Å². The van der Waals surface area contributed by atoms with E-state index in [-0.39, 0.29) is 10.7 Å². The average Bonchev–Trinajstić information content (AvgIpc) is 2.63. The summed E-state index contributed by atoms with van der Waals surface area (Å²) in [7, 11) is 0. The Hall–Kier alpha value is -1.78. The van der Waals surface area contributed by atoms with Crippen LogP contribution in [0.4, 0.5) is 0 Å². The maximum atomic E-state index is 12.1. The van der Waals surface area contributed by atoms with Crippen molar-refractivity contribution in [1.29, 1.82) is 0 Å². The summed E-state index contributed by atoms with van der Waals surface area (Å²) in [6.45, 7) is 2.43. The molecule has 0 saturated carbocycles. The molecule has 1 aliphatic heterocycles. The molecule has 0 bridgehead atoms. The SMILES string of the molecule is CCOc1cc(C=C2C(=O)NC(=S)NC2=O)cc(I)c1Cc1ccccc1Br. The molecule has 8 heteroatoms. The van der Waals surface area contributed by atoms with Crippen LogP contribution in [0.5, 0.6) is 5.75 Å². The fourth-order valence-corrected chi connectivity index (χ4v) is 4.20. The minimum atomic E-state index is -0.515. The molecule has 2 N–H and O–H groups in total. The molecule has 1 fully saturated rings. The lowest BCUT2D eigenvalue weighted by Gasteiger charge is -2.17. The van der Waals surface area contributed by atoms with Gasteiger partial charge >= 0.3 is 0 Å². The molecule has 144 valence electrons. The molecule has 1 heterocycles. The van der Waals surface area contributed by atoms with Crippen LogP contribution >= 0.6 is 50.7 Å². The number of hydrogen-bond acceptors (Lipinski definition) is 4. The highest BCUT2D eigenvalue weighted by atomic mass is 127. The van der Waals surface area contributed by atoms with Gasteiger partial charge in [0.15, 0.2) is 5.11 Å². The van der Waals surface area contributed by atoms with Crippen molar-refractivity contribution < 1.29 is 14.3 Å². The zero-order chi connectivity index (χ0) is 20.3. The quantitative estimate of drug-likeness (QED) is 0.247. The third-order valence-electron chi connectivity index (χ3n) is 4.06. The number of carbonyl (C=O) groups excluding carboxylic acids is 2. The number of amides is 2. The van der Waals surface area contributed by atoms with Gasteiger partial charge in [-0.15, -0.1) is 0 Å². The predicted octanol–water partition coefficient (Wildman–Crippen LogP) is 3.96. The second kappa shape index (κ2) is 9.15. The van der Waals surface area contributed by atoms with E-state index < -0.39 is 11.8 Å². The molecule has 0 spiro atoms. The summed E-state index contributed by atoms with van der Waals surface area (Å²) < 4.78 is 7.88. The van der Waals surface area contributed by atoms with Crippen molar-refractivity contribution in [1.82, 2.24) is 10.6 Å². The van der Waals surface area contributed by atoms with Crippen LogP contribution < -0.4 is 15.4 Å². The van der Waals surface area contributed by atoms with E-state index in [0.29, 0.717) is 18.6 Å². The largest absolute Gasteiger partial charge is 0.494 e. The van der Waals surface area contributed by atoms with Crippen LogP contribution in [0.2, 0.25) is 0 Å². The summed E-state index contributed by atoms with van der Waals surface area (Å²) in [6.07, 6.45) is 2.24. The third-order valence-corrected chi connectivity index (χ3v) is 6.00. The number of rotatable bonds is 5. The first kappa shape index (κ1) is 20.9. The number of hydrogen-bond donors (Lipinski definition) is 2. The fraction of sp³-hybridized carbons (Fsp3) is 0.150. The fourth-order valence-electron chi connectivity index (χ4n) is 2.78. The van der Waals surface area contributed by atoms with Gasteiger partial charge in [0, 0.05) is 20.0 Å². The molecule has 0 unspecified atom stereocenters. The summed E-state index contributed by atoms with van der Waals surface area (Å²) in [5, 5.41) is 4.89. The Kier molecular flexibility index (Phi) is 6.84. The van der Waals surface area contributed by atoms with E-state index in [0.717, 1.165) is 24.9 Å². The van der Waals surface area contributed by atoms with Crippen LogP contribution in [-0.2, 0) is 16.0 Å². The Morgan fingerprint density at radius 2 is 1.86 bits per heavy atom. The zero-order valence-corrected chi connectivity index (χ0v) is 19.4. The lowest BCUT2D eigenvalue weighted by Crippen LogP contribution is -2.51. The van der Waals surface area contributed by atoms with Crippen molar-refractivity contribution in [3.63, 3.8) is 0 Å². The molecule has 2 amide bonds. The first-order valence-electron chi connectivity index (χ1n) is 8.46. The van der Waals surface area contributed by atoms with Crippen molar-refractivity contribution in [2.24, 2.45) is 0 Å². The molecule has 3 rings (SSSR count). The molecule has 0 atom stereocenters. The van der Waals surface area contributed by atoms with Crippen LogP contribution in [-0.4, -0.2) is 23.5 Å². The molecular formula is C20H16BrIN2O3S. The monoisotopic (exact) mass is 570 g/mol. The first-order valence-corrected chi connectivity index (χ1v) is 10.7. The molecule has 5 nitrogen and oxygen atoms in total. The van der Waals surface area contributed by atoms with E-state index in [1.807, 2.05) is 37.3 Å². The van der Waals surface area contributed by atoms with Crippen LogP contribution in [0.15, 0.2) is 46.4 Å². The lowest BCUT2D eigenvalue weighted by molar-refractivity contribution is -0.123. The van der Waals surface area contributed by atoms with Crippen LogP contribution in [0.3, 0.4) is 0 Å². The average molecular weight is 571 g/mol.